The van der Waals surface area contributed by atoms with E-state index in [0.717, 1.165) is 19.4 Å². The van der Waals surface area contributed by atoms with E-state index in [1.165, 1.54) is 0 Å². The summed E-state index contributed by atoms with van der Waals surface area (Å²) in [4.78, 5) is 13.2. The molecular formula is C8H13NO2. The quantitative estimate of drug-likeness (QED) is 0.548. The van der Waals surface area contributed by atoms with E-state index in [1.54, 1.807) is 7.11 Å². The third kappa shape index (κ3) is 0.948. The normalized spacial score (nSPS) is 36.5. The minimum absolute atomic E-state index is 0.171. The molecule has 0 aliphatic carbocycles. The second kappa shape index (κ2) is 2.48. The van der Waals surface area contributed by atoms with Crippen LogP contribution in [-0.2, 0) is 9.53 Å². The predicted molar refractivity (Wildman–Crippen MR) is 40.1 cm³/mol. The maximum atomic E-state index is 11.3. The molecule has 3 nitrogen and oxygen atoms in total. The maximum absolute atomic E-state index is 11.3. The van der Waals surface area contributed by atoms with Gasteiger partial charge in [-0.2, -0.15) is 0 Å². The Labute approximate surface area is 66.3 Å². The molecule has 2 heterocycles. The van der Waals surface area contributed by atoms with Gasteiger partial charge in [-0.3, -0.25) is 4.79 Å². The molecule has 3 heteroatoms. The minimum Gasteiger partial charge on any atom is -0.379 e. The van der Waals surface area contributed by atoms with E-state index in [9.17, 15) is 4.79 Å². The van der Waals surface area contributed by atoms with Crippen LogP contribution in [0.15, 0.2) is 0 Å². The molecule has 0 aromatic heterocycles. The molecule has 0 spiro atoms. The van der Waals surface area contributed by atoms with Crippen molar-refractivity contribution < 1.29 is 9.53 Å². The lowest BCUT2D eigenvalue weighted by Gasteiger charge is -2.18. The molecule has 2 saturated heterocycles. The van der Waals surface area contributed by atoms with Crippen molar-refractivity contribution in [3.8, 4) is 0 Å². The first-order chi connectivity index (χ1) is 5.33. The molecule has 62 valence electrons. The van der Waals surface area contributed by atoms with Crippen LogP contribution in [0.3, 0.4) is 0 Å². The number of rotatable bonds is 1. The van der Waals surface area contributed by atoms with Gasteiger partial charge in [0.25, 0.3) is 0 Å². The highest BCUT2D eigenvalue weighted by Gasteiger charge is 2.42. The number of carbonyl (C=O) groups excluding carboxylic acids is 1. The van der Waals surface area contributed by atoms with Crippen LogP contribution in [0.5, 0.6) is 0 Å². The molecule has 0 saturated carbocycles. The Morgan fingerprint density at radius 2 is 2.45 bits per heavy atom. The number of hydrogen-bond donors (Lipinski definition) is 0. The Balaban J connectivity index is 2.13. The fraction of sp³-hybridized carbons (Fsp3) is 0.875. The van der Waals surface area contributed by atoms with Crippen LogP contribution in [0.1, 0.15) is 19.3 Å². The fourth-order valence-electron chi connectivity index (χ4n) is 2.15. The average Bonchev–Trinajstić information content (AvgIpc) is 2.54. The lowest BCUT2D eigenvalue weighted by Crippen LogP contribution is -2.31. The van der Waals surface area contributed by atoms with E-state index < -0.39 is 0 Å². The van der Waals surface area contributed by atoms with Gasteiger partial charge in [0.2, 0.25) is 5.91 Å². The summed E-state index contributed by atoms with van der Waals surface area (Å²) in [5.74, 6) is 0.277. The smallest absolute Gasteiger partial charge is 0.225 e. The van der Waals surface area contributed by atoms with Gasteiger partial charge >= 0.3 is 0 Å². The fourth-order valence-corrected chi connectivity index (χ4v) is 2.15. The third-order valence-electron chi connectivity index (χ3n) is 2.73. The summed E-state index contributed by atoms with van der Waals surface area (Å²) in [5, 5.41) is 0. The second-order valence-corrected chi connectivity index (χ2v) is 3.27. The van der Waals surface area contributed by atoms with Gasteiger partial charge in [-0.15, -0.1) is 0 Å². The molecule has 0 aromatic rings. The summed E-state index contributed by atoms with van der Waals surface area (Å²) in [5.41, 5.74) is 0. The second-order valence-electron chi connectivity index (χ2n) is 3.27. The van der Waals surface area contributed by atoms with Crippen LogP contribution in [-0.4, -0.2) is 36.6 Å². The van der Waals surface area contributed by atoms with Gasteiger partial charge < -0.3 is 9.64 Å². The monoisotopic (exact) mass is 155 g/mol. The van der Waals surface area contributed by atoms with Crippen LogP contribution in [0.4, 0.5) is 0 Å². The first-order valence-electron chi connectivity index (χ1n) is 4.15. The van der Waals surface area contributed by atoms with Crippen molar-refractivity contribution in [2.45, 2.75) is 31.4 Å². The van der Waals surface area contributed by atoms with Gasteiger partial charge in [-0.25, -0.2) is 0 Å². The van der Waals surface area contributed by atoms with Crippen molar-refractivity contribution >= 4 is 5.91 Å². The van der Waals surface area contributed by atoms with Crippen molar-refractivity contribution in [3.05, 3.63) is 0 Å². The van der Waals surface area contributed by atoms with Crippen molar-refractivity contribution in [1.29, 1.82) is 0 Å². The summed E-state index contributed by atoms with van der Waals surface area (Å²) in [6.07, 6.45) is 3.05. The van der Waals surface area contributed by atoms with Gasteiger partial charge in [0, 0.05) is 13.7 Å². The molecule has 1 amide bonds. The molecule has 2 atom stereocenters. The Hall–Kier alpha value is -0.570. The largest absolute Gasteiger partial charge is 0.379 e. The van der Waals surface area contributed by atoms with Gasteiger partial charge in [0.15, 0.2) is 0 Å². The van der Waals surface area contributed by atoms with Crippen molar-refractivity contribution in [3.63, 3.8) is 0 Å². The van der Waals surface area contributed by atoms with Crippen LogP contribution in [0, 0.1) is 0 Å². The molecule has 0 unspecified atom stereocenters. The van der Waals surface area contributed by atoms with E-state index in [-0.39, 0.29) is 12.0 Å². The molecule has 0 aromatic carbocycles. The SMILES string of the molecule is CO[C@H]1CC(=O)N2CCC[C@@H]12. The number of nitrogens with zero attached hydrogens (tertiary/aromatic N) is 1. The van der Waals surface area contributed by atoms with Crippen LogP contribution in [0.25, 0.3) is 0 Å². The summed E-state index contributed by atoms with van der Waals surface area (Å²) in [6, 6.07) is 0.396. The highest BCUT2D eigenvalue weighted by atomic mass is 16.5. The molecule has 2 fully saturated rings. The number of ether oxygens (including phenoxy) is 1. The Morgan fingerprint density at radius 1 is 1.64 bits per heavy atom. The zero-order chi connectivity index (χ0) is 7.84. The first kappa shape index (κ1) is 7.10. The first-order valence-corrected chi connectivity index (χ1v) is 4.15. The van der Waals surface area contributed by atoms with Gasteiger partial charge in [0.1, 0.15) is 0 Å². The molecule has 11 heavy (non-hydrogen) atoms. The number of fused-ring (bicyclic) bond motifs is 1. The lowest BCUT2D eigenvalue weighted by atomic mass is 10.1. The average molecular weight is 155 g/mol. The molecule has 2 rings (SSSR count). The predicted octanol–water partition coefficient (Wildman–Crippen LogP) is 0.396. The third-order valence-corrected chi connectivity index (χ3v) is 2.73. The number of methoxy groups -OCH3 is 1. The number of carbonyl (C=O) groups is 1. The van der Waals surface area contributed by atoms with Crippen LogP contribution < -0.4 is 0 Å². The Bertz CT molecular complexity index is 181. The summed E-state index contributed by atoms with van der Waals surface area (Å²) in [6.45, 7) is 0.948. The zero-order valence-corrected chi connectivity index (χ0v) is 6.75. The van der Waals surface area contributed by atoms with Gasteiger partial charge in [-0.05, 0) is 12.8 Å². The number of amides is 1. The van der Waals surface area contributed by atoms with Crippen molar-refractivity contribution in [2.24, 2.45) is 0 Å². The number of hydrogen-bond acceptors (Lipinski definition) is 2. The summed E-state index contributed by atoms with van der Waals surface area (Å²) >= 11 is 0. The zero-order valence-electron chi connectivity index (χ0n) is 6.75. The van der Waals surface area contributed by atoms with Crippen LogP contribution >= 0.6 is 0 Å². The minimum atomic E-state index is 0.171. The van der Waals surface area contributed by atoms with E-state index in [2.05, 4.69) is 0 Å². The molecule has 0 radical (unpaired) electrons. The van der Waals surface area contributed by atoms with E-state index >= 15 is 0 Å². The highest BCUT2D eigenvalue weighted by Crippen LogP contribution is 2.30. The maximum Gasteiger partial charge on any atom is 0.225 e. The van der Waals surface area contributed by atoms with Gasteiger partial charge in [-0.1, -0.05) is 0 Å². The molecule has 2 aliphatic rings. The summed E-state index contributed by atoms with van der Waals surface area (Å²) < 4.78 is 5.23. The summed E-state index contributed by atoms with van der Waals surface area (Å²) in [7, 11) is 1.69. The lowest BCUT2D eigenvalue weighted by molar-refractivity contribution is -0.127. The molecule has 2 aliphatic heterocycles. The standard InChI is InChI=1S/C8H13NO2/c1-11-7-5-8(10)9-4-2-3-6(7)9/h6-7H,2-5H2,1H3/t6-,7-/m0/s1. The van der Waals surface area contributed by atoms with Crippen LogP contribution in [0.2, 0.25) is 0 Å². The topological polar surface area (TPSA) is 29.5 Å². The van der Waals surface area contributed by atoms with E-state index in [0.29, 0.717) is 12.5 Å². The van der Waals surface area contributed by atoms with E-state index in [4.69, 9.17) is 4.74 Å². The Kier molecular flexibility index (Phi) is 1.60. The molecule has 0 N–H and O–H groups in total. The Morgan fingerprint density at radius 3 is 3.18 bits per heavy atom. The van der Waals surface area contributed by atoms with Gasteiger partial charge in [0.05, 0.1) is 18.6 Å². The molecule has 0 bridgehead atoms. The molecular weight excluding hydrogens is 142 g/mol. The van der Waals surface area contributed by atoms with Crippen molar-refractivity contribution in [1.82, 2.24) is 4.90 Å². The van der Waals surface area contributed by atoms with Crippen molar-refractivity contribution in [2.75, 3.05) is 13.7 Å². The van der Waals surface area contributed by atoms with E-state index in [1.807, 2.05) is 4.90 Å². The highest BCUT2D eigenvalue weighted by molar-refractivity contribution is 5.80.